The van der Waals surface area contributed by atoms with Crippen LogP contribution in [0.1, 0.15) is 21.5 Å². The van der Waals surface area contributed by atoms with Crippen molar-refractivity contribution in [2.24, 2.45) is 0 Å². The van der Waals surface area contributed by atoms with Crippen molar-refractivity contribution >= 4 is 18.1 Å². The number of benzene rings is 1. The first-order valence-corrected chi connectivity index (χ1v) is 4.24. The zero-order valence-electron chi connectivity index (χ0n) is 7.40. The van der Waals surface area contributed by atoms with Gasteiger partial charge in [-0.25, -0.2) is 4.79 Å². The number of hydrogen-bond donors (Lipinski definition) is 2. The van der Waals surface area contributed by atoms with Gasteiger partial charge in [0.1, 0.15) is 0 Å². The van der Waals surface area contributed by atoms with E-state index in [9.17, 15) is 4.79 Å². The Morgan fingerprint density at radius 1 is 1.14 bits per heavy atom. The van der Waals surface area contributed by atoms with E-state index in [1.54, 1.807) is 24.4 Å². The minimum absolute atomic E-state index is 0.309. The highest BCUT2D eigenvalue weighted by atomic mass is 16.4. The molecule has 1 heterocycles. The third-order valence-electron chi connectivity index (χ3n) is 2.05. The Hall–Kier alpha value is -2.03. The average Bonchev–Trinajstić information content (AvgIpc) is 2.41. The van der Waals surface area contributed by atoms with E-state index in [0.717, 1.165) is 11.1 Å². The van der Waals surface area contributed by atoms with Gasteiger partial charge in [-0.2, -0.15) is 0 Å². The highest BCUT2D eigenvalue weighted by Gasteiger charge is 2.05. The molecule has 0 radical (unpaired) electrons. The fraction of sp³-hybridized carbons (Fsp3) is 0. The molecule has 14 heavy (non-hydrogen) atoms. The summed E-state index contributed by atoms with van der Waals surface area (Å²) in [5.41, 5.74) is 2.23. The van der Waals surface area contributed by atoms with Crippen molar-refractivity contribution < 1.29 is 9.90 Å². The van der Waals surface area contributed by atoms with Crippen LogP contribution in [0.3, 0.4) is 0 Å². The van der Waals surface area contributed by atoms with Crippen molar-refractivity contribution in [1.82, 2.24) is 5.32 Å². The summed E-state index contributed by atoms with van der Waals surface area (Å²) in [6.45, 7) is 0. The number of aromatic carboxylic acids is 1. The van der Waals surface area contributed by atoms with Crippen LogP contribution in [0.4, 0.5) is 0 Å². The smallest absolute Gasteiger partial charge is 0.335 e. The zero-order valence-corrected chi connectivity index (χ0v) is 7.40. The fourth-order valence-corrected chi connectivity index (χ4v) is 1.34. The molecule has 70 valence electrons. The predicted molar refractivity (Wildman–Crippen MR) is 54.6 cm³/mol. The van der Waals surface area contributed by atoms with E-state index in [4.69, 9.17) is 5.11 Å². The van der Waals surface area contributed by atoms with Gasteiger partial charge in [0, 0.05) is 12.4 Å². The van der Waals surface area contributed by atoms with Crippen molar-refractivity contribution in [3.63, 3.8) is 0 Å². The molecule has 1 aromatic carbocycles. The lowest BCUT2D eigenvalue weighted by atomic mass is 10.0. The SMILES string of the molecule is O=C(O)c1ccc2c(c1)C=CNC=C2. The number of carboxylic acid groups (broad SMARTS) is 1. The molecule has 3 nitrogen and oxygen atoms in total. The first kappa shape index (κ1) is 8.56. The summed E-state index contributed by atoms with van der Waals surface area (Å²) in [5.74, 6) is -0.901. The van der Waals surface area contributed by atoms with Crippen LogP contribution in [-0.4, -0.2) is 11.1 Å². The summed E-state index contributed by atoms with van der Waals surface area (Å²) in [6, 6.07) is 5.06. The average molecular weight is 187 g/mol. The molecule has 0 aromatic heterocycles. The summed E-state index contributed by atoms with van der Waals surface area (Å²) >= 11 is 0. The van der Waals surface area contributed by atoms with Crippen LogP contribution in [0.2, 0.25) is 0 Å². The molecule has 0 saturated heterocycles. The number of fused-ring (bicyclic) bond motifs is 1. The van der Waals surface area contributed by atoms with E-state index in [-0.39, 0.29) is 0 Å². The molecule has 1 aliphatic heterocycles. The standard InChI is InChI=1S/C11H9NO2/c13-11(14)10-2-1-8-3-5-12-6-4-9(8)7-10/h1-7,12H,(H,13,14). The Bertz CT molecular complexity index is 433. The van der Waals surface area contributed by atoms with Crippen LogP contribution in [-0.2, 0) is 0 Å². The number of nitrogens with one attached hydrogen (secondary N) is 1. The molecule has 0 aliphatic carbocycles. The largest absolute Gasteiger partial charge is 0.478 e. The quantitative estimate of drug-likeness (QED) is 0.706. The van der Waals surface area contributed by atoms with Gasteiger partial charge in [0.15, 0.2) is 0 Å². The van der Waals surface area contributed by atoms with Gasteiger partial charge >= 0.3 is 5.97 Å². The number of rotatable bonds is 1. The molecule has 2 N–H and O–H groups in total. The molecule has 0 fully saturated rings. The van der Waals surface area contributed by atoms with E-state index >= 15 is 0 Å². The second-order valence-corrected chi connectivity index (χ2v) is 2.98. The molecular weight excluding hydrogens is 178 g/mol. The number of hydrogen-bond acceptors (Lipinski definition) is 2. The lowest BCUT2D eigenvalue weighted by Crippen LogP contribution is -1.96. The van der Waals surface area contributed by atoms with Crippen molar-refractivity contribution in [2.45, 2.75) is 0 Å². The number of carbonyl (C=O) groups is 1. The number of carboxylic acids is 1. The van der Waals surface area contributed by atoms with Gasteiger partial charge in [0.25, 0.3) is 0 Å². The van der Waals surface area contributed by atoms with Crippen LogP contribution in [0.5, 0.6) is 0 Å². The topological polar surface area (TPSA) is 49.3 Å². The van der Waals surface area contributed by atoms with Crippen LogP contribution in [0.15, 0.2) is 30.6 Å². The monoisotopic (exact) mass is 187 g/mol. The summed E-state index contributed by atoms with van der Waals surface area (Å²) in [7, 11) is 0. The predicted octanol–water partition coefficient (Wildman–Crippen LogP) is 1.93. The minimum Gasteiger partial charge on any atom is -0.478 e. The molecule has 0 bridgehead atoms. The molecule has 0 unspecified atom stereocenters. The lowest BCUT2D eigenvalue weighted by Gasteiger charge is -2.01. The maximum absolute atomic E-state index is 10.7. The highest BCUT2D eigenvalue weighted by Crippen LogP contribution is 2.16. The van der Waals surface area contributed by atoms with Crippen LogP contribution in [0, 0.1) is 0 Å². The molecule has 0 saturated carbocycles. The van der Waals surface area contributed by atoms with Crippen molar-refractivity contribution in [1.29, 1.82) is 0 Å². The molecule has 3 heteroatoms. The van der Waals surface area contributed by atoms with E-state index in [2.05, 4.69) is 5.32 Å². The van der Waals surface area contributed by atoms with Crippen molar-refractivity contribution in [3.05, 3.63) is 47.3 Å². The lowest BCUT2D eigenvalue weighted by molar-refractivity contribution is 0.0697. The summed E-state index contributed by atoms with van der Waals surface area (Å²) in [4.78, 5) is 10.7. The van der Waals surface area contributed by atoms with Crippen LogP contribution < -0.4 is 5.32 Å². The zero-order chi connectivity index (χ0) is 9.97. The van der Waals surface area contributed by atoms with Gasteiger partial charge in [-0.15, -0.1) is 0 Å². The summed E-state index contributed by atoms with van der Waals surface area (Å²) in [5, 5.41) is 11.7. The molecular formula is C11H9NO2. The fourth-order valence-electron chi connectivity index (χ4n) is 1.34. The minimum atomic E-state index is -0.901. The molecule has 0 spiro atoms. The van der Waals surface area contributed by atoms with E-state index in [1.165, 1.54) is 0 Å². The van der Waals surface area contributed by atoms with Gasteiger partial charge < -0.3 is 10.4 Å². The first-order chi connectivity index (χ1) is 6.77. The second-order valence-electron chi connectivity index (χ2n) is 2.98. The van der Waals surface area contributed by atoms with Crippen LogP contribution in [0.25, 0.3) is 12.2 Å². The van der Waals surface area contributed by atoms with Gasteiger partial charge in [-0.3, -0.25) is 0 Å². The molecule has 1 aliphatic rings. The van der Waals surface area contributed by atoms with Crippen LogP contribution >= 0.6 is 0 Å². The van der Waals surface area contributed by atoms with E-state index in [1.807, 2.05) is 18.4 Å². The van der Waals surface area contributed by atoms with Gasteiger partial charge in [-0.05, 0) is 35.4 Å². The maximum Gasteiger partial charge on any atom is 0.335 e. The molecule has 0 amide bonds. The Balaban J connectivity index is 2.53. The summed E-state index contributed by atoms with van der Waals surface area (Å²) < 4.78 is 0. The normalized spacial score (nSPS) is 12.9. The Morgan fingerprint density at radius 3 is 2.57 bits per heavy atom. The Morgan fingerprint density at radius 2 is 1.86 bits per heavy atom. The maximum atomic E-state index is 10.7. The van der Waals surface area contributed by atoms with Crippen molar-refractivity contribution in [2.75, 3.05) is 0 Å². The summed E-state index contributed by atoms with van der Waals surface area (Å²) in [6.07, 6.45) is 7.33. The van der Waals surface area contributed by atoms with Gasteiger partial charge in [0.05, 0.1) is 5.56 Å². The third-order valence-corrected chi connectivity index (χ3v) is 2.05. The van der Waals surface area contributed by atoms with E-state index in [0.29, 0.717) is 5.56 Å². The second kappa shape index (κ2) is 3.38. The first-order valence-electron chi connectivity index (χ1n) is 4.24. The van der Waals surface area contributed by atoms with Gasteiger partial charge in [0.2, 0.25) is 0 Å². The molecule has 2 rings (SSSR count). The molecule has 0 atom stereocenters. The highest BCUT2D eigenvalue weighted by molar-refractivity contribution is 5.89. The van der Waals surface area contributed by atoms with E-state index < -0.39 is 5.97 Å². The Labute approximate surface area is 81.4 Å². The van der Waals surface area contributed by atoms with Crippen molar-refractivity contribution in [3.8, 4) is 0 Å². The van der Waals surface area contributed by atoms with Gasteiger partial charge in [-0.1, -0.05) is 6.07 Å². The third kappa shape index (κ3) is 1.52. The molecule has 1 aromatic rings. The Kier molecular flexibility index (Phi) is 2.07.